The summed E-state index contributed by atoms with van der Waals surface area (Å²) in [6.07, 6.45) is 1.67. The average molecular weight is 214 g/mol. The quantitative estimate of drug-likeness (QED) is 0.698. The van der Waals surface area contributed by atoms with Crippen LogP contribution in [-0.4, -0.2) is 17.7 Å². The number of benzene rings is 1. The Morgan fingerprint density at radius 2 is 2.25 bits per heavy atom. The minimum atomic E-state index is -0.469. The number of nitrogens with one attached hydrogen (secondary N) is 1. The molecule has 0 aliphatic carbocycles. The molecule has 0 spiro atoms. The zero-order chi connectivity index (χ0) is 11.1. The van der Waals surface area contributed by atoms with Gasteiger partial charge in [0.25, 0.3) is 0 Å². The van der Waals surface area contributed by atoms with E-state index in [2.05, 4.69) is 10.3 Å². The normalized spacial score (nSPS) is 13.6. The van der Waals surface area contributed by atoms with Crippen molar-refractivity contribution in [3.05, 3.63) is 30.5 Å². The summed E-state index contributed by atoms with van der Waals surface area (Å²) in [7, 11) is 0. The minimum absolute atomic E-state index is 0.403. The molecule has 5 nitrogen and oxygen atoms in total. The van der Waals surface area contributed by atoms with Gasteiger partial charge in [-0.15, -0.1) is 0 Å². The second-order valence-corrected chi connectivity index (χ2v) is 3.64. The third kappa shape index (κ3) is 1.11. The first kappa shape index (κ1) is 8.96. The Morgan fingerprint density at radius 3 is 3.06 bits per heavy atom. The molecule has 0 atom stereocenters. The molecule has 0 saturated heterocycles. The number of fused-ring (bicyclic) bond motifs is 3. The van der Waals surface area contributed by atoms with E-state index >= 15 is 0 Å². The van der Waals surface area contributed by atoms with Gasteiger partial charge in [-0.25, -0.2) is 4.79 Å². The van der Waals surface area contributed by atoms with E-state index in [4.69, 9.17) is 5.73 Å². The highest BCUT2D eigenvalue weighted by atomic mass is 16.2. The van der Waals surface area contributed by atoms with Gasteiger partial charge in [0.15, 0.2) is 0 Å². The molecular formula is C11H10N4O. The second-order valence-electron chi connectivity index (χ2n) is 3.64. The van der Waals surface area contributed by atoms with Crippen LogP contribution in [0.25, 0.3) is 10.9 Å². The van der Waals surface area contributed by atoms with Gasteiger partial charge in [-0.2, -0.15) is 0 Å². The first-order valence-corrected chi connectivity index (χ1v) is 4.96. The summed E-state index contributed by atoms with van der Waals surface area (Å²) in [4.78, 5) is 16.9. The number of para-hydroxylation sites is 1. The molecular weight excluding hydrogens is 204 g/mol. The van der Waals surface area contributed by atoms with E-state index in [9.17, 15) is 4.79 Å². The van der Waals surface area contributed by atoms with Crippen molar-refractivity contribution in [2.75, 3.05) is 16.9 Å². The molecule has 0 radical (unpaired) electrons. The zero-order valence-electron chi connectivity index (χ0n) is 8.47. The van der Waals surface area contributed by atoms with E-state index in [0.717, 1.165) is 22.3 Å². The van der Waals surface area contributed by atoms with Crippen molar-refractivity contribution in [1.82, 2.24) is 4.98 Å². The third-order valence-electron chi connectivity index (χ3n) is 2.73. The van der Waals surface area contributed by atoms with Crippen molar-refractivity contribution >= 4 is 28.3 Å². The number of pyridine rings is 1. The first-order chi connectivity index (χ1) is 7.77. The number of primary amides is 1. The molecule has 16 heavy (non-hydrogen) atoms. The molecule has 0 fully saturated rings. The van der Waals surface area contributed by atoms with Crippen LogP contribution in [0.3, 0.4) is 0 Å². The second kappa shape index (κ2) is 3.10. The van der Waals surface area contributed by atoms with Gasteiger partial charge in [-0.05, 0) is 6.07 Å². The molecule has 3 rings (SSSR count). The summed E-state index contributed by atoms with van der Waals surface area (Å²) >= 11 is 0. The molecule has 2 amide bonds. The maximum Gasteiger partial charge on any atom is 0.320 e. The van der Waals surface area contributed by atoms with Crippen LogP contribution >= 0.6 is 0 Å². The maximum atomic E-state index is 11.2. The van der Waals surface area contributed by atoms with Gasteiger partial charge in [-0.1, -0.05) is 18.2 Å². The number of carbonyl (C=O) groups excluding carboxylic acids is 1. The van der Waals surface area contributed by atoms with Gasteiger partial charge < -0.3 is 11.1 Å². The number of aromatic nitrogens is 1. The Bertz CT molecular complexity index is 581. The van der Waals surface area contributed by atoms with Gasteiger partial charge in [0.2, 0.25) is 0 Å². The highest BCUT2D eigenvalue weighted by molar-refractivity contribution is 6.06. The molecule has 2 heterocycles. The Hall–Kier alpha value is -2.30. The number of hydrogen-bond acceptors (Lipinski definition) is 3. The fourth-order valence-electron chi connectivity index (χ4n) is 1.96. The number of hydrogen-bond donors (Lipinski definition) is 2. The largest absolute Gasteiger partial charge is 0.365 e. The molecule has 2 aromatic rings. The van der Waals surface area contributed by atoms with Crippen molar-refractivity contribution in [1.29, 1.82) is 0 Å². The average Bonchev–Trinajstić information content (AvgIpc) is 2.73. The van der Waals surface area contributed by atoms with Crippen LogP contribution in [0.4, 0.5) is 16.2 Å². The highest BCUT2D eigenvalue weighted by Gasteiger charge is 2.24. The SMILES string of the molecule is NC(=O)N1CNc2c1cnc1ccccc21. The van der Waals surface area contributed by atoms with Crippen molar-refractivity contribution in [3.8, 4) is 0 Å². The lowest BCUT2D eigenvalue weighted by Gasteiger charge is -2.11. The van der Waals surface area contributed by atoms with Crippen LogP contribution in [0.2, 0.25) is 0 Å². The van der Waals surface area contributed by atoms with Crippen molar-refractivity contribution in [3.63, 3.8) is 0 Å². The van der Waals surface area contributed by atoms with Gasteiger partial charge in [0.1, 0.15) is 0 Å². The van der Waals surface area contributed by atoms with E-state index in [0.29, 0.717) is 6.67 Å². The molecule has 0 saturated carbocycles. The van der Waals surface area contributed by atoms with Crippen LogP contribution in [0.15, 0.2) is 30.5 Å². The highest BCUT2D eigenvalue weighted by Crippen LogP contribution is 2.36. The lowest BCUT2D eigenvalue weighted by molar-refractivity contribution is 0.254. The van der Waals surface area contributed by atoms with E-state index in [1.165, 1.54) is 4.90 Å². The van der Waals surface area contributed by atoms with Gasteiger partial charge >= 0.3 is 6.03 Å². The Labute approximate surface area is 91.9 Å². The molecule has 1 aromatic heterocycles. The predicted octanol–water partition coefficient (Wildman–Crippen LogP) is 1.50. The number of anilines is 2. The van der Waals surface area contributed by atoms with Crippen LogP contribution < -0.4 is 16.0 Å². The summed E-state index contributed by atoms with van der Waals surface area (Å²) in [6, 6.07) is 7.31. The van der Waals surface area contributed by atoms with Crippen molar-refractivity contribution in [2.45, 2.75) is 0 Å². The minimum Gasteiger partial charge on any atom is -0.365 e. The first-order valence-electron chi connectivity index (χ1n) is 4.96. The van der Waals surface area contributed by atoms with Crippen LogP contribution in [0, 0.1) is 0 Å². The van der Waals surface area contributed by atoms with E-state index in [1.54, 1.807) is 6.20 Å². The van der Waals surface area contributed by atoms with E-state index < -0.39 is 6.03 Å². The Kier molecular flexibility index (Phi) is 1.73. The Balaban J connectivity index is 2.26. The Morgan fingerprint density at radius 1 is 1.44 bits per heavy atom. The smallest absolute Gasteiger partial charge is 0.320 e. The van der Waals surface area contributed by atoms with E-state index in [1.807, 2.05) is 24.3 Å². The van der Waals surface area contributed by atoms with E-state index in [-0.39, 0.29) is 0 Å². The molecule has 0 bridgehead atoms. The van der Waals surface area contributed by atoms with Gasteiger partial charge in [-0.3, -0.25) is 9.88 Å². The lowest BCUT2D eigenvalue weighted by Crippen LogP contribution is -2.35. The predicted molar refractivity (Wildman–Crippen MR) is 62.3 cm³/mol. The molecule has 1 aliphatic heterocycles. The lowest BCUT2D eigenvalue weighted by atomic mass is 10.2. The zero-order valence-corrected chi connectivity index (χ0v) is 8.47. The fourth-order valence-corrected chi connectivity index (χ4v) is 1.96. The van der Waals surface area contributed by atoms with Crippen LogP contribution in [0.1, 0.15) is 0 Å². The number of carbonyl (C=O) groups is 1. The molecule has 3 N–H and O–H groups in total. The molecule has 5 heteroatoms. The van der Waals surface area contributed by atoms with Crippen molar-refractivity contribution in [2.24, 2.45) is 5.73 Å². The molecule has 0 unspecified atom stereocenters. The number of urea groups is 1. The summed E-state index contributed by atoms with van der Waals surface area (Å²) < 4.78 is 0. The fraction of sp³-hybridized carbons (Fsp3) is 0.0909. The summed E-state index contributed by atoms with van der Waals surface area (Å²) in [5.74, 6) is 0. The summed E-state index contributed by atoms with van der Waals surface area (Å²) in [6.45, 7) is 0.403. The van der Waals surface area contributed by atoms with Gasteiger partial charge in [0.05, 0.1) is 29.8 Å². The molecule has 1 aliphatic rings. The van der Waals surface area contributed by atoms with Crippen LogP contribution in [0.5, 0.6) is 0 Å². The topological polar surface area (TPSA) is 71.2 Å². The number of nitrogens with two attached hydrogens (primary N) is 1. The third-order valence-corrected chi connectivity index (χ3v) is 2.73. The monoisotopic (exact) mass is 214 g/mol. The molecule has 1 aromatic carbocycles. The number of amides is 2. The van der Waals surface area contributed by atoms with Crippen molar-refractivity contribution < 1.29 is 4.79 Å². The van der Waals surface area contributed by atoms with Crippen LogP contribution in [-0.2, 0) is 0 Å². The maximum absolute atomic E-state index is 11.2. The standard InChI is InChI=1S/C11H10N4O/c12-11(16)15-6-14-10-7-3-1-2-4-8(7)13-5-9(10)15/h1-5,14H,6H2,(H2,12,16). The number of rotatable bonds is 0. The molecule has 80 valence electrons. The summed E-state index contributed by atoms with van der Waals surface area (Å²) in [5.41, 5.74) is 7.84. The summed E-state index contributed by atoms with van der Waals surface area (Å²) in [5, 5.41) is 4.16. The number of nitrogens with zero attached hydrogens (tertiary/aromatic N) is 2. The van der Waals surface area contributed by atoms with Gasteiger partial charge in [0, 0.05) is 5.39 Å².